The number of hydrogen-bond donors (Lipinski definition) is 0. The van der Waals surface area contributed by atoms with Gasteiger partial charge in [0, 0.05) is 23.4 Å². The monoisotopic (exact) mass is 496 g/mol. The van der Waals surface area contributed by atoms with Crippen LogP contribution in [0, 0.1) is 46.3 Å². The van der Waals surface area contributed by atoms with Crippen LogP contribution in [0.2, 0.25) is 5.02 Å². The highest BCUT2D eigenvalue weighted by Gasteiger charge is 2.62. The number of ketones is 1. The van der Waals surface area contributed by atoms with Crippen molar-refractivity contribution in [3.8, 4) is 0 Å². The Balaban J connectivity index is 1.23. The van der Waals surface area contributed by atoms with Gasteiger partial charge in [-0.05, 0) is 110 Å². The van der Waals surface area contributed by atoms with Crippen LogP contribution < -0.4 is 0 Å². The van der Waals surface area contributed by atoms with Crippen molar-refractivity contribution in [1.82, 2.24) is 9.78 Å². The zero-order valence-electron chi connectivity index (χ0n) is 21.6. The Bertz CT molecular complexity index is 1110. The maximum Gasteiger partial charge on any atom is 0.157 e. The number of benzene rings is 1. The van der Waals surface area contributed by atoms with Gasteiger partial charge in [-0.15, -0.1) is 0 Å². The Morgan fingerprint density at radius 3 is 2.83 bits per heavy atom. The topological polar surface area (TPSA) is 44.1 Å². The van der Waals surface area contributed by atoms with Crippen LogP contribution in [0.25, 0.3) is 10.9 Å². The summed E-state index contributed by atoms with van der Waals surface area (Å²) in [4.78, 5) is 13.8. The van der Waals surface area contributed by atoms with Gasteiger partial charge in [-0.1, -0.05) is 31.9 Å². The standard InChI is InChI=1S/C30H41ClN2O2/c1-19-10-13-30(18-35-3)21(14-19)4-6-23-24-7-8-26(29(24,2)12-11-25(23)30)28(34)17-33-27-9-5-22(31)15-20(27)16-32-33/h5,9,15-16,19,21,23-26H,4,6-8,10-14,17-18H2,1-3H3/t19?,21?,23-,24?,25?,26?,29?,30+/m0/s1. The lowest BCUT2D eigenvalue weighted by Gasteiger charge is -2.61. The smallest absolute Gasteiger partial charge is 0.157 e. The summed E-state index contributed by atoms with van der Waals surface area (Å²) in [5.74, 6) is 4.44. The number of rotatable bonds is 5. The molecule has 1 aromatic carbocycles. The molecule has 0 amide bonds. The van der Waals surface area contributed by atoms with E-state index in [1.165, 1.54) is 51.4 Å². The molecule has 5 heteroatoms. The van der Waals surface area contributed by atoms with Gasteiger partial charge in [0.2, 0.25) is 0 Å². The van der Waals surface area contributed by atoms with Gasteiger partial charge in [-0.3, -0.25) is 9.48 Å². The largest absolute Gasteiger partial charge is 0.384 e. The van der Waals surface area contributed by atoms with Crippen LogP contribution in [0.3, 0.4) is 0 Å². The lowest BCUT2D eigenvalue weighted by atomic mass is 9.44. The molecule has 4 nitrogen and oxygen atoms in total. The summed E-state index contributed by atoms with van der Waals surface area (Å²) in [6.45, 7) is 6.22. The summed E-state index contributed by atoms with van der Waals surface area (Å²) in [7, 11) is 1.91. The van der Waals surface area contributed by atoms with E-state index in [9.17, 15) is 4.79 Å². The first-order valence-corrected chi connectivity index (χ1v) is 14.4. The molecule has 0 saturated heterocycles. The summed E-state index contributed by atoms with van der Waals surface area (Å²) < 4.78 is 7.84. The molecule has 6 rings (SSSR count). The molecule has 8 atom stereocenters. The number of halogens is 1. The maximum atomic E-state index is 13.8. The molecular formula is C30H41ClN2O2. The molecule has 4 aliphatic carbocycles. The van der Waals surface area contributed by atoms with E-state index in [0.29, 0.717) is 28.7 Å². The van der Waals surface area contributed by atoms with Gasteiger partial charge in [0.15, 0.2) is 5.78 Å². The highest BCUT2D eigenvalue weighted by atomic mass is 35.5. The molecule has 4 aliphatic rings. The van der Waals surface area contributed by atoms with E-state index >= 15 is 0 Å². The Hall–Kier alpha value is -1.39. The minimum atomic E-state index is 0.133. The molecule has 0 spiro atoms. The first-order valence-electron chi connectivity index (χ1n) is 14.0. The first-order chi connectivity index (χ1) is 16.9. The predicted molar refractivity (Wildman–Crippen MR) is 140 cm³/mol. The van der Waals surface area contributed by atoms with Gasteiger partial charge in [0.1, 0.15) is 6.54 Å². The Labute approximate surface area is 215 Å². The highest BCUT2D eigenvalue weighted by molar-refractivity contribution is 6.31. The zero-order chi connectivity index (χ0) is 24.4. The van der Waals surface area contributed by atoms with Crippen molar-refractivity contribution in [2.75, 3.05) is 13.7 Å². The third-order valence-corrected chi connectivity index (χ3v) is 11.6. The van der Waals surface area contributed by atoms with Crippen molar-refractivity contribution >= 4 is 28.3 Å². The summed E-state index contributed by atoms with van der Waals surface area (Å²) in [5.41, 5.74) is 1.51. The number of carbonyl (C=O) groups is 1. The van der Waals surface area contributed by atoms with E-state index in [1.54, 1.807) is 0 Å². The SMILES string of the molecule is COC[C@]12CCC(C)CC1CC[C@H]1C3CCC(C(=O)Cn4ncc5cc(Cl)ccc54)C3(C)CCC12. The highest BCUT2D eigenvalue weighted by Crippen LogP contribution is 2.68. The van der Waals surface area contributed by atoms with Crippen LogP contribution in [0.15, 0.2) is 24.4 Å². The van der Waals surface area contributed by atoms with E-state index in [2.05, 4.69) is 18.9 Å². The Morgan fingerprint density at radius 2 is 2.00 bits per heavy atom. The number of nitrogens with zero attached hydrogens (tertiary/aromatic N) is 2. The van der Waals surface area contributed by atoms with Gasteiger partial charge >= 0.3 is 0 Å². The molecule has 6 unspecified atom stereocenters. The Kier molecular flexibility index (Phi) is 6.08. The van der Waals surface area contributed by atoms with Crippen LogP contribution in [-0.2, 0) is 16.1 Å². The van der Waals surface area contributed by atoms with Gasteiger partial charge < -0.3 is 4.74 Å². The number of Topliss-reactive ketones (excluding diaryl/α,β-unsaturated/α-hetero) is 1. The summed E-state index contributed by atoms with van der Waals surface area (Å²) >= 11 is 6.16. The van der Waals surface area contributed by atoms with E-state index in [-0.39, 0.29) is 11.3 Å². The average molecular weight is 497 g/mol. The van der Waals surface area contributed by atoms with Crippen molar-refractivity contribution < 1.29 is 9.53 Å². The number of hydrogen-bond acceptors (Lipinski definition) is 3. The summed E-state index contributed by atoms with van der Waals surface area (Å²) in [5, 5.41) is 6.26. The molecule has 0 aliphatic heterocycles. The van der Waals surface area contributed by atoms with E-state index in [0.717, 1.165) is 47.6 Å². The third kappa shape index (κ3) is 3.72. The van der Waals surface area contributed by atoms with Crippen molar-refractivity contribution in [2.45, 2.75) is 78.2 Å². The fraction of sp³-hybridized carbons (Fsp3) is 0.733. The van der Waals surface area contributed by atoms with Crippen LogP contribution in [0.5, 0.6) is 0 Å². The van der Waals surface area contributed by atoms with Crippen LogP contribution >= 0.6 is 11.6 Å². The van der Waals surface area contributed by atoms with Crippen molar-refractivity contribution in [1.29, 1.82) is 0 Å². The van der Waals surface area contributed by atoms with Crippen molar-refractivity contribution in [3.05, 3.63) is 29.4 Å². The number of carbonyl (C=O) groups excluding carboxylic acids is 1. The molecule has 4 fully saturated rings. The van der Waals surface area contributed by atoms with Crippen LogP contribution in [0.1, 0.15) is 71.6 Å². The second-order valence-corrected chi connectivity index (χ2v) is 13.3. The number of ether oxygens (including phenoxy) is 1. The molecule has 190 valence electrons. The molecule has 4 saturated carbocycles. The predicted octanol–water partition coefficient (Wildman–Crippen LogP) is 7.18. The second kappa shape index (κ2) is 8.87. The minimum Gasteiger partial charge on any atom is -0.384 e. The molecule has 1 heterocycles. The second-order valence-electron chi connectivity index (χ2n) is 12.8. The first kappa shape index (κ1) is 24.0. The molecule has 1 aromatic heterocycles. The molecule has 0 bridgehead atoms. The van der Waals surface area contributed by atoms with Crippen molar-refractivity contribution in [2.24, 2.45) is 46.3 Å². The summed E-state index contributed by atoms with van der Waals surface area (Å²) in [6, 6.07) is 5.80. The molecule has 2 aromatic rings. The molecular weight excluding hydrogens is 456 g/mol. The van der Waals surface area contributed by atoms with E-state index < -0.39 is 0 Å². The zero-order valence-corrected chi connectivity index (χ0v) is 22.4. The minimum absolute atomic E-state index is 0.133. The van der Waals surface area contributed by atoms with Gasteiger partial charge in [0.05, 0.1) is 18.3 Å². The summed E-state index contributed by atoms with van der Waals surface area (Å²) in [6.07, 6.45) is 13.4. The maximum absolute atomic E-state index is 13.8. The van der Waals surface area contributed by atoms with Crippen molar-refractivity contribution in [3.63, 3.8) is 0 Å². The molecule has 0 radical (unpaired) electrons. The normalized spacial score (nSPS) is 40.8. The number of fused-ring (bicyclic) bond motifs is 6. The van der Waals surface area contributed by atoms with E-state index in [1.807, 2.05) is 36.2 Å². The van der Waals surface area contributed by atoms with Gasteiger partial charge in [0.25, 0.3) is 0 Å². The lowest BCUT2D eigenvalue weighted by Crippen LogP contribution is -2.56. The lowest BCUT2D eigenvalue weighted by molar-refractivity contribution is -0.154. The fourth-order valence-electron chi connectivity index (χ4n) is 9.78. The third-order valence-electron chi connectivity index (χ3n) is 11.3. The molecule has 35 heavy (non-hydrogen) atoms. The average Bonchev–Trinajstić information content (AvgIpc) is 3.39. The van der Waals surface area contributed by atoms with E-state index in [4.69, 9.17) is 16.3 Å². The quantitative estimate of drug-likeness (QED) is 0.440. The van der Waals surface area contributed by atoms with Gasteiger partial charge in [-0.2, -0.15) is 5.10 Å². The molecule has 0 N–H and O–H groups in total. The number of aromatic nitrogens is 2. The fourth-order valence-corrected chi connectivity index (χ4v) is 9.97. The van der Waals surface area contributed by atoms with Crippen LogP contribution in [-0.4, -0.2) is 29.3 Å². The van der Waals surface area contributed by atoms with Crippen LogP contribution in [0.4, 0.5) is 0 Å². The number of methoxy groups -OCH3 is 1. The Morgan fingerprint density at radius 1 is 1.14 bits per heavy atom. The van der Waals surface area contributed by atoms with Gasteiger partial charge in [-0.25, -0.2) is 0 Å².